The van der Waals surface area contributed by atoms with Crippen LogP contribution in [0.2, 0.25) is 0 Å². The summed E-state index contributed by atoms with van der Waals surface area (Å²) in [7, 11) is 4.61. The van der Waals surface area contributed by atoms with Gasteiger partial charge in [-0.15, -0.1) is 0 Å². The van der Waals surface area contributed by atoms with Crippen molar-refractivity contribution in [1.29, 1.82) is 0 Å². The van der Waals surface area contributed by atoms with Crippen molar-refractivity contribution in [2.45, 2.75) is 13.3 Å². The fraction of sp³-hybridized carbons (Fsp3) is 0.400. The minimum atomic E-state index is -0.314. The van der Waals surface area contributed by atoms with E-state index in [1.807, 2.05) is 0 Å². The van der Waals surface area contributed by atoms with E-state index in [2.05, 4.69) is 6.58 Å². The highest BCUT2D eigenvalue weighted by Crippen LogP contribution is 2.40. The minimum absolute atomic E-state index is 0.118. The molecule has 0 saturated carbocycles. The van der Waals surface area contributed by atoms with Gasteiger partial charge in [-0.2, -0.15) is 0 Å². The van der Waals surface area contributed by atoms with E-state index in [9.17, 15) is 4.79 Å². The summed E-state index contributed by atoms with van der Waals surface area (Å²) in [4.78, 5) is 11.5. The summed E-state index contributed by atoms with van der Waals surface area (Å²) in [5, 5.41) is 0. The van der Waals surface area contributed by atoms with Crippen LogP contribution in [-0.4, -0.2) is 33.9 Å². The van der Waals surface area contributed by atoms with E-state index in [1.54, 1.807) is 19.1 Å². The van der Waals surface area contributed by atoms with E-state index in [1.165, 1.54) is 21.3 Å². The zero-order valence-electron chi connectivity index (χ0n) is 12.3. The van der Waals surface area contributed by atoms with Crippen LogP contribution in [0.25, 0.3) is 5.57 Å². The first-order valence-corrected chi connectivity index (χ1v) is 6.21. The maximum atomic E-state index is 11.5. The Morgan fingerprint density at radius 1 is 1.10 bits per heavy atom. The second-order valence-electron chi connectivity index (χ2n) is 4.00. The number of hydrogen-bond acceptors (Lipinski definition) is 5. The highest BCUT2D eigenvalue weighted by Gasteiger charge is 2.16. The lowest BCUT2D eigenvalue weighted by atomic mass is 10.0. The molecule has 0 amide bonds. The summed E-state index contributed by atoms with van der Waals surface area (Å²) in [5.41, 5.74) is 1.37. The molecule has 0 atom stereocenters. The van der Waals surface area contributed by atoms with Crippen LogP contribution >= 0.6 is 0 Å². The van der Waals surface area contributed by atoms with E-state index >= 15 is 0 Å². The number of benzene rings is 1. The third-order valence-corrected chi connectivity index (χ3v) is 2.74. The Kier molecular flexibility index (Phi) is 5.90. The highest BCUT2D eigenvalue weighted by atomic mass is 16.5. The van der Waals surface area contributed by atoms with Gasteiger partial charge in [-0.1, -0.05) is 6.58 Å². The van der Waals surface area contributed by atoms with Gasteiger partial charge in [0.1, 0.15) is 0 Å². The summed E-state index contributed by atoms with van der Waals surface area (Å²) in [6.07, 6.45) is 0.118. The van der Waals surface area contributed by atoms with Crippen LogP contribution < -0.4 is 14.2 Å². The molecule has 0 aliphatic rings. The minimum Gasteiger partial charge on any atom is -0.493 e. The first-order valence-electron chi connectivity index (χ1n) is 6.21. The average Bonchev–Trinajstić information content (AvgIpc) is 2.45. The third-order valence-electron chi connectivity index (χ3n) is 2.74. The molecule has 0 fully saturated rings. The van der Waals surface area contributed by atoms with Crippen LogP contribution in [0.3, 0.4) is 0 Å². The van der Waals surface area contributed by atoms with Gasteiger partial charge in [0.15, 0.2) is 11.5 Å². The molecule has 0 N–H and O–H groups in total. The number of methoxy groups -OCH3 is 3. The molecule has 5 nitrogen and oxygen atoms in total. The van der Waals surface area contributed by atoms with E-state index in [0.29, 0.717) is 29.4 Å². The van der Waals surface area contributed by atoms with Crippen LogP contribution in [0.5, 0.6) is 17.2 Å². The van der Waals surface area contributed by atoms with Gasteiger partial charge in [-0.3, -0.25) is 4.79 Å². The highest BCUT2D eigenvalue weighted by molar-refractivity contribution is 5.85. The summed E-state index contributed by atoms with van der Waals surface area (Å²) in [6, 6.07) is 3.51. The predicted molar refractivity (Wildman–Crippen MR) is 76.4 cm³/mol. The van der Waals surface area contributed by atoms with Crippen molar-refractivity contribution in [2.75, 3.05) is 27.9 Å². The third kappa shape index (κ3) is 3.66. The predicted octanol–water partition coefficient (Wildman–Crippen LogP) is 2.68. The molecular weight excluding hydrogens is 260 g/mol. The van der Waals surface area contributed by atoms with Crippen molar-refractivity contribution in [3.63, 3.8) is 0 Å². The fourth-order valence-electron chi connectivity index (χ4n) is 1.77. The monoisotopic (exact) mass is 280 g/mol. The molecule has 0 aliphatic carbocycles. The fourth-order valence-corrected chi connectivity index (χ4v) is 1.77. The Balaban J connectivity index is 3.06. The lowest BCUT2D eigenvalue weighted by molar-refractivity contribution is -0.141. The van der Waals surface area contributed by atoms with Gasteiger partial charge < -0.3 is 18.9 Å². The zero-order valence-corrected chi connectivity index (χ0v) is 12.3. The molecule has 0 radical (unpaired) electrons. The van der Waals surface area contributed by atoms with E-state index in [4.69, 9.17) is 18.9 Å². The maximum Gasteiger partial charge on any atom is 0.310 e. The lowest BCUT2D eigenvalue weighted by Gasteiger charge is -2.15. The largest absolute Gasteiger partial charge is 0.493 e. The Morgan fingerprint density at radius 2 is 1.65 bits per heavy atom. The number of ether oxygens (including phenoxy) is 4. The van der Waals surface area contributed by atoms with Crippen molar-refractivity contribution in [2.24, 2.45) is 0 Å². The number of rotatable bonds is 7. The van der Waals surface area contributed by atoms with Gasteiger partial charge in [0.25, 0.3) is 0 Å². The Hall–Kier alpha value is -2.17. The van der Waals surface area contributed by atoms with Crippen molar-refractivity contribution >= 4 is 11.5 Å². The summed E-state index contributed by atoms with van der Waals surface area (Å²) >= 11 is 0. The smallest absolute Gasteiger partial charge is 0.310 e. The van der Waals surface area contributed by atoms with Crippen LogP contribution in [0.15, 0.2) is 18.7 Å². The van der Waals surface area contributed by atoms with Crippen LogP contribution in [-0.2, 0) is 9.53 Å². The lowest BCUT2D eigenvalue weighted by Crippen LogP contribution is -2.05. The summed E-state index contributed by atoms with van der Waals surface area (Å²) < 4.78 is 20.7. The second kappa shape index (κ2) is 7.43. The van der Waals surface area contributed by atoms with Gasteiger partial charge in [0.2, 0.25) is 5.75 Å². The molecule has 0 heterocycles. The Labute approximate surface area is 119 Å². The van der Waals surface area contributed by atoms with Crippen LogP contribution in [0.4, 0.5) is 0 Å². The van der Waals surface area contributed by atoms with E-state index in [-0.39, 0.29) is 12.4 Å². The van der Waals surface area contributed by atoms with Gasteiger partial charge >= 0.3 is 5.97 Å². The van der Waals surface area contributed by atoms with Crippen molar-refractivity contribution in [1.82, 2.24) is 0 Å². The number of hydrogen-bond donors (Lipinski definition) is 0. The molecule has 5 heteroatoms. The standard InChI is InChI=1S/C15H20O5/c1-6-20-14(16)7-10(2)11-8-12(17-3)15(19-5)13(9-11)18-4/h8-9H,2,6-7H2,1,3-5H3. The molecule has 1 aromatic rings. The molecule has 0 aliphatic heterocycles. The SMILES string of the molecule is C=C(CC(=O)OCC)c1cc(OC)c(OC)c(OC)c1. The average molecular weight is 280 g/mol. The van der Waals surface area contributed by atoms with Gasteiger partial charge in [-0.05, 0) is 30.2 Å². The topological polar surface area (TPSA) is 54.0 Å². The summed E-state index contributed by atoms with van der Waals surface area (Å²) in [5.74, 6) is 1.23. The molecule has 0 saturated heterocycles. The normalized spacial score (nSPS) is 9.80. The quantitative estimate of drug-likeness (QED) is 0.719. The van der Waals surface area contributed by atoms with E-state index < -0.39 is 0 Å². The summed E-state index contributed by atoms with van der Waals surface area (Å²) in [6.45, 7) is 6.01. The molecule has 110 valence electrons. The first-order chi connectivity index (χ1) is 9.57. The Bertz CT molecular complexity index is 468. The number of carbonyl (C=O) groups excluding carboxylic acids is 1. The Morgan fingerprint density at radius 3 is 2.05 bits per heavy atom. The van der Waals surface area contributed by atoms with Crippen molar-refractivity contribution in [3.8, 4) is 17.2 Å². The molecule has 1 aromatic carbocycles. The zero-order chi connectivity index (χ0) is 15.1. The molecule has 0 aromatic heterocycles. The molecule has 0 unspecified atom stereocenters. The molecule has 1 rings (SSSR count). The molecule has 0 spiro atoms. The second-order valence-corrected chi connectivity index (χ2v) is 4.00. The van der Waals surface area contributed by atoms with Crippen LogP contribution in [0, 0.1) is 0 Å². The van der Waals surface area contributed by atoms with Gasteiger partial charge in [-0.25, -0.2) is 0 Å². The van der Waals surface area contributed by atoms with Gasteiger partial charge in [0, 0.05) is 0 Å². The van der Waals surface area contributed by atoms with Crippen molar-refractivity contribution < 1.29 is 23.7 Å². The number of carbonyl (C=O) groups is 1. The molecular formula is C15H20O5. The first kappa shape index (κ1) is 15.9. The van der Waals surface area contributed by atoms with Gasteiger partial charge in [0.05, 0.1) is 34.4 Å². The number of esters is 1. The molecule has 20 heavy (non-hydrogen) atoms. The maximum absolute atomic E-state index is 11.5. The van der Waals surface area contributed by atoms with E-state index in [0.717, 1.165) is 5.56 Å². The van der Waals surface area contributed by atoms with Crippen LogP contribution in [0.1, 0.15) is 18.9 Å². The van der Waals surface area contributed by atoms with Crippen molar-refractivity contribution in [3.05, 3.63) is 24.3 Å². The molecule has 0 bridgehead atoms.